The van der Waals surface area contributed by atoms with E-state index in [9.17, 15) is 9.59 Å². The van der Waals surface area contributed by atoms with Crippen LogP contribution in [0.3, 0.4) is 0 Å². The maximum Gasteiger partial charge on any atom is 0.356 e. The summed E-state index contributed by atoms with van der Waals surface area (Å²) in [5.41, 5.74) is 1.52. The van der Waals surface area contributed by atoms with Crippen LogP contribution < -0.4 is 5.32 Å². The number of aromatic nitrogens is 2. The quantitative estimate of drug-likeness (QED) is 0.810. The summed E-state index contributed by atoms with van der Waals surface area (Å²) in [5, 5.41) is 6.02. The van der Waals surface area contributed by atoms with Crippen LogP contribution in [0.5, 0.6) is 0 Å². The van der Waals surface area contributed by atoms with Gasteiger partial charge in [-0.15, -0.1) is 11.3 Å². The van der Waals surface area contributed by atoms with E-state index in [-0.39, 0.29) is 17.6 Å². The van der Waals surface area contributed by atoms with Crippen molar-refractivity contribution in [1.29, 1.82) is 0 Å². The zero-order valence-electron chi connectivity index (χ0n) is 15.1. The van der Waals surface area contributed by atoms with Crippen molar-refractivity contribution in [3.63, 3.8) is 0 Å². The zero-order valence-corrected chi connectivity index (χ0v) is 15.9. The molecule has 2 aromatic heterocycles. The molecule has 7 nitrogen and oxygen atoms in total. The van der Waals surface area contributed by atoms with Crippen molar-refractivity contribution in [1.82, 2.24) is 14.9 Å². The highest BCUT2D eigenvalue weighted by Crippen LogP contribution is 2.35. The van der Waals surface area contributed by atoms with E-state index in [4.69, 9.17) is 4.74 Å². The van der Waals surface area contributed by atoms with Crippen LogP contribution in [0.25, 0.3) is 0 Å². The number of nitrogens with one attached hydrogen (secondary N) is 1. The number of ether oxygens (including phenoxy) is 1. The number of hydrogen-bond donors (Lipinski definition) is 1. The summed E-state index contributed by atoms with van der Waals surface area (Å²) in [4.78, 5) is 35.7. The number of rotatable bonds is 5. The van der Waals surface area contributed by atoms with Gasteiger partial charge in [-0.3, -0.25) is 4.79 Å². The van der Waals surface area contributed by atoms with Crippen molar-refractivity contribution in [2.75, 3.05) is 25.5 Å². The normalized spacial score (nSPS) is 16.6. The van der Waals surface area contributed by atoms with Crippen molar-refractivity contribution in [2.24, 2.45) is 0 Å². The molecule has 138 valence electrons. The number of carbonyl (C=O) groups is 2. The van der Waals surface area contributed by atoms with E-state index in [1.165, 1.54) is 13.2 Å². The van der Waals surface area contributed by atoms with Crippen molar-refractivity contribution in [3.05, 3.63) is 39.5 Å². The van der Waals surface area contributed by atoms with Gasteiger partial charge in [0.15, 0.2) is 5.69 Å². The molecular formula is C18H22N4O3S. The molecule has 0 spiro atoms. The highest BCUT2D eigenvalue weighted by Gasteiger charge is 2.33. The lowest BCUT2D eigenvalue weighted by Gasteiger charge is -2.23. The molecule has 0 unspecified atom stereocenters. The lowest BCUT2D eigenvalue weighted by molar-refractivity contribution is 0.0594. The molecule has 0 saturated carbocycles. The molecule has 2 aromatic rings. The second-order valence-electron chi connectivity index (χ2n) is 6.13. The van der Waals surface area contributed by atoms with E-state index in [0.29, 0.717) is 24.5 Å². The second-order valence-corrected chi connectivity index (χ2v) is 7.02. The van der Waals surface area contributed by atoms with E-state index in [1.807, 2.05) is 24.1 Å². The Kier molecular flexibility index (Phi) is 5.51. The van der Waals surface area contributed by atoms with E-state index >= 15 is 0 Å². The van der Waals surface area contributed by atoms with Crippen LogP contribution in [0, 0.1) is 6.92 Å². The first-order chi connectivity index (χ1) is 12.5. The first-order valence-corrected chi connectivity index (χ1v) is 9.48. The number of esters is 1. The molecule has 8 heteroatoms. The van der Waals surface area contributed by atoms with Gasteiger partial charge in [-0.1, -0.05) is 0 Å². The maximum absolute atomic E-state index is 13.2. The summed E-state index contributed by atoms with van der Waals surface area (Å²) in [6.45, 7) is 5.19. The van der Waals surface area contributed by atoms with Gasteiger partial charge in [-0.25, -0.2) is 14.8 Å². The maximum atomic E-state index is 13.2. The first kappa shape index (κ1) is 18.3. The number of likely N-dealkylation sites (tertiary alicyclic amines) is 1. The smallest absolute Gasteiger partial charge is 0.356 e. The number of nitrogens with zero attached hydrogens (tertiary/aromatic N) is 3. The minimum Gasteiger partial charge on any atom is -0.464 e. The fraction of sp³-hybridized carbons (Fsp3) is 0.444. The number of pyridine rings is 1. The monoisotopic (exact) mass is 374 g/mol. The summed E-state index contributed by atoms with van der Waals surface area (Å²) in [5.74, 6) is -0.195. The third-order valence-electron chi connectivity index (χ3n) is 4.26. The summed E-state index contributed by atoms with van der Waals surface area (Å²) >= 11 is 1.58. The number of thiazole rings is 1. The molecule has 1 atom stereocenters. The zero-order chi connectivity index (χ0) is 18.7. The van der Waals surface area contributed by atoms with Gasteiger partial charge < -0.3 is 15.0 Å². The van der Waals surface area contributed by atoms with Crippen molar-refractivity contribution in [2.45, 2.75) is 32.7 Å². The molecule has 0 aliphatic carbocycles. The molecule has 3 rings (SSSR count). The molecule has 1 aliphatic rings. The summed E-state index contributed by atoms with van der Waals surface area (Å²) < 4.78 is 4.76. The molecule has 0 bridgehead atoms. The van der Waals surface area contributed by atoms with Gasteiger partial charge in [0, 0.05) is 29.7 Å². The van der Waals surface area contributed by atoms with Gasteiger partial charge >= 0.3 is 5.97 Å². The van der Waals surface area contributed by atoms with Gasteiger partial charge in [0.25, 0.3) is 5.91 Å². The standard InChI is InChI=1S/C18H22N4O3S/c1-4-19-15-9-12(8-13(21-15)18(24)25-3)17(23)22-7-5-6-14(22)16-20-11(2)10-26-16/h8-10,14H,4-7H2,1-3H3,(H,19,21)/t14-/m1/s1. The van der Waals surface area contributed by atoms with Crippen LogP contribution in [0.1, 0.15) is 57.4 Å². The average Bonchev–Trinajstić information content (AvgIpc) is 3.29. The van der Waals surface area contributed by atoms with Gasteiger partial charge in [-0.2, -0.15) is 0 Å². The van der Waals surface area contributed by atoms with E-state index in [1.54, 1.807) is 17.4 Å². The Morgan fingerprint density at radius 3 is 2.85 bits per heavy atom. The molecule has 1 amide bonds. The highest BCUT2D eigenvalue weighted by atomic mass is 32.1. The Morgan fingerprint density at radius 1 is 1.38 bits per heavy atom. The van der Waals surface area contributed by atoms with Crippen molar-refractivity contribution in [3.8, 4) is 0 Å². The Balaban J connectivity index is 1.92. The Bertz CT molecular complexity index is 821. The Morgan fingerprint density at radius 2 is 2.19 bits per heavy atom. The number of amides is 1. The molecule has 1 fully saturated rings. The predicted octanol–water partition coefficient (Wildman–Crippen LogP) is 3.04. The molecule has 1 saturated heterocycles. The van der Waals surface area contributed by atoms with E-state index in [2.05, 4.69) is 15.3 Å². The van der Waals surface area contributed by atoms with Crippen LogP contribution in [-0.4, -0.2) is 46.9 Å². The van der Waals surface area contributed by atoms with Gasteiger partial charge in [-0.05, 0) is 38.8 Å². The van der Waals surface area contributed by atoms with Crippen LogP contribution in [0.4, 0.5) is 5.82 Å². The lowest BCUT2D eigenvalue weighted by atomic mass is 10.1. The fourth-order valence-electron chi connectivity index (χ4n) is 3.09. The van der Waals surface area contributed by atoms with Gasteiger partial charge in [0.2, 0.25) is 0 Å². The molecule has 26 heavy (non-hydrogen) atoms. The highest BCUT2D eigenvalue weighted by molar-refractivity contribution is 7.09. The molecule has 3 heterocycles. The van der Waals surface area contributed by atoms with Crippen molar-refractivity contribution >= 4 is 29.0 Å². The largest absolute Gasteiger partial charge is 0.464 e. The average molecular weight is 374 g/mol. The molecular weight excluding hydrogens is 352 g/mol. The van der Waals surface area contributed by atoms with Crippen LogP contribution in [-0.2, 0) is 4.74 Å². The molecule has 1 aliphatic heterocycles. The minimum atomic E-state index is -0.563. The minimum absolute atomic E-state index is 0.0153. The van der Waals surface area contributed by atoms with E-state index in [0.717, 1.165) is 23.5 Å². The molecule has 0 radical (unpaired) electrons. The number of hydrogen-bond acceptors (Lipinski definition) is 7. The second kappa shape index (κ2) is 7.82. The summed E-state index contributed by atoms with van der Waals surface area (Å²) in [6.07, 6.45) is 1.83. The van der Waals surface area contributed by atoms with Crippen molar-refractivity contribution < 1.29 is 14.3 Å². The van der Waals surface area contributed by atoms with Crippen LogP contribution >= 0.6 is 11.3 Å². The first-order valence-electron chi connectivity index (χ1n) is 8.60. The lowest BCUT2D eigenvalue weighted by Crippen LogP contribution is -2.31. The van der Waals surface area contributed by atoms with E-state index < -0.39 is 5.97 Å². The fourth-order valence-corrected chi connectivity index (χ4v) is 4.04. The summed E-state index contributed by atoms with van der Waals surface area (Å²) in [7, 11) is 1.30. The number of carbonyl (C=O) groups excluding carboxylic acids is 2. The number of aryl methyl sites for hydroxylation is 1. The van der Waals surface area contributed by atoms with Gasteiger partial charge in [0.1, 0.15) is 10.8 Å². The molecule has 1 N–H and O–H groups in total. The predicted molar refractivity (Wildman–Crippen MR) is 99.6 cm³/mol. The number of anilines is 1. The third-order valence-corrected chi connectivity index (χ3v) is 5.32. The molecule has 0 aromatic carbocycles. The Hall–Kier alpha value is -2.48. The topological polar surface area (TPSA) is 84.4 Å². The third kappa shape index (κ3) is 3.70. The SMILES string of the molecule is CCNc1cc(C(=O)N2CCC[C@@H]2c2nc(C)cs2)cc(C(=O)OC)n1. The van der Waals surface area contributed by atoms with Gasteiger partial charge in [0.05, 0.1) is 13.2 Å². The van der Waals surface area contributed by atoms with Crippen LogP contribution in [0.2, 0.25) is 0 Å². The number of methoxy groups -OCH3 is 1. The Labute approximate surface area is 156 Å². The summed E-state index contributed by atoms with van der Waals surface area (Å²) in [6, 6.07) is 3.16. The van der Waals surface area contributed by atoms with Crippen LogP contribution in [0.15, 0.2) is 17.5 Å².